The molecule has 0 saturated heterocycles. The van der Waals surface area contributed by atoms with Crippen LogP contribution in [-0.4, -0.2) is 27.8 Å². The van der Waals surface area contributed by atoms with Gasteiger partial charge in [-0.05, 0) is 24.1 Å². The SMILES string of the molecule is CCc1nc(CN2CCc3ccc(C(=O)O)cc32)no1. The molecule has 6 heteroatoms. The van der Waals surface area contributed by atoms with E-state index < -0.39 is 5.97 Å². The fraction of sp³-hybridized carbons (Fsp3) is 0.357. The predicted octanol–water partition coefficient (Wildman–Crippen LogP) is 1.89. The van der Waals surface area contributed by atoms with E-state index in [0.717, 1.165) is 24.2 Å². The summed E-state index contributed by atoms with van der Waals surface area (Å²) in [5.74, 6) is 0.349. The molecule has 0 unspecified atom stereocenters. The third-order valence-electron chi connectivity index (χ3n) is 3.47. The summed E-state index contributed by atoms with van der Waals surface area (Å²) in [4.78, 5) is 17.4. The van der Waals surface area contributed by atoms with Crippen LogP contribution in [0.25, 0.3) is 0 Å². The Morgan fingerprint density at radius 3 is 3.05 bits per heavy atom. The van der Waals surface area contributed by atoms with Crippen molar-refractivity contribution < 1.29 is 14.4 Å². The molecule has 20 heavy (non-hydrogen) atoms. The van der Waals surface area contributed by atoms with Crippen LogP contribution in [-0.2, 0) is 19.4 Å². The smallest absolute Gasteiger partial charge is 0.335 e. The molecule has 0 aliphatic carbocycles. The molecular formula is C14H15N3O3. The van der Waals surface area contributed by atoms with Gasteiger partial charge in [0.15, 0.2) is 5.82 Å². The number of hydrogen-bond acceptors (Lipinski definition) is 5. The first kappa shape index (κ1) is 12.7. The van der Waals surface area contributed by atoms with Gasteiger partial charge in [0.05, 0.1) is 12.1 Å². The molecule has 0 saturated carbocycles. The van der Waals surface area contributed by atoms with Crippen molar-refractivity contribution in [1.29, 1.82) is 0 Å². The Morgan fingerprint density at radius 2 is 2.35 bits per heavy atom. The van der Waals surface area contributed by atoms with Crippen molar-refractivity contribution in [3.05, 3.63) is 41.0 Å². The fourth-order valence-electron chi connectivity index (χ4n) is 2.41. The summed E-state index contributed by atoms with van der Waals surface area (Å²) in [5.41, 5.74) is 2.42. The van der Waals surface area contributed by atoms with Crippen molar-refractivity contribution in [3.8, 4) is 0 Å². The van der Waals surface area contributed by atoms with Crippen molar-refractivity contribution >= 4 is 11.7 Å². The Hall–Kier alpha value is -2.37. The van der Waals surface area contributed by atoms with Gasteiger partial charge in [0.2, 0.25) is 5.89 Å². The van der Waals surface area contributed by atoms with E-state index in [0.29, 0.717) is 30.2 Å². The number of benzene rings is 1. The Labute approximate surface area is 116 Å². The highest BCUT2D eigenvalue weighted by Crippen LogP contribution is 2.30. The van der Waals surface area contributed by atoms with Crippen molar-refractivity contribution in [2.24, 2.45) is 0 Å². The molecule has 1 aliphatic rings. The minimum atomic E-state index is -0.910. The lowest BCUT2D eigenvalue weighted by Gasteiger charge is -2.17. The van der Waals surface area contributed by atoms with E-state index in [9.17, 15) is 4.79 Å². The minimum Gasteiger partial charge on any atom is -0.478 e. The molecule has 0 amide bonds. The summed E-state index contributed by atoms with van der Waals surface area (Å²) >= 11 is 0. The molecule has 3 rings (SSSR count). The molecule has 1 aromatic heterocycles. The molecule has 2 aromatic rings. The lowest BCUT2D eigenvalue weighted by molar-refractivity contribution is 0.0697. The van der Waals surface area contributed by atoms with Crippen LogP contribution in [0.3, 0.4) is 0 Å². The number of nitrogens with zero attached hydrogens (tertiary/aromatic N) is 3. The van der Waals surface area contributed by atoms with Gasteiger partial charge in [-0.25, -0.2) is 4.79 Å². The first-order valence-electron chi connectivity index (χ1n) is 6.60. The van der Waals surface area contributed by atoms with Gasteiger partial charge in [0.25, 0.3) is 0 Å². The molecule has 0 radical (unpaired) electrons. The highest BCUT2D eigenvalue weighted by molar-refractivity contribution is 5.89. The van der Waals surface area contributed by atoms with Crippen molar-refractivity contribution in [3.63, 3.8) is 0 Å². The number of hydrogen-bond donors (Lipinski definition) is 1. The van der Waals surface area contributed by atoms with Gasteiger partial charge in [-0.2, -0.15) is 4.98 Å². The summed E-state index contributed by atoms with van der Waals surface area (Å²) in [6.07, 6.45) is 1.63. The molecule has 0 atom stereocenters. The van der Waals surface area contributed by atoms with Crippen LogP contribution >= 0.6 is 0 Å². The molecule has 0 spiro atoms. The highest BCUT2D eigenvalue weighted by atomic mass is 16.5. The molecule has 0 bridgehead atoms. The number of aryl methyl sites for hydroxylation is 1. The molecule has 1 aromatic carbocycles. The van der Waals surface area contributed by atoms with Crippen molar-refractivity contribution in [2.75, 3.05) is 11.4 Å². The van der Waals surface area contributed by atoms with E-state index in [1.807, 2.05) is 13.0 Å². The number of fused-ring (bicyclic) bond motifs is 1. The van der Waals surface area contributed by atoms with Crippen LogP contribution in [0.1, 0.15) is 34.6 Å². The number of carboxylic acids is 1. The van der Waals surface area contributed by atoms with Gasteiger partial charge in [-0.15, -0.1) is 0 Å². The average Bonchev–Trinajstić information content (AvgIpc) is 3.06. The third kappa shape index (κ3) is 2.24. The Bertz CT molecular complexity index is 651. The maximum atomic E-state index is 11.0. The second kappa shape index (κ2) is 4.96. The van der Waals surface area contributed by atoms with Gasteiger partial charge >= 0.3 is 5.97 Å². The summed E-state index contributed by atoms with van der Waals surface area (Å²) in [6.45, 7) is 3.34. The number of rotatable bonds is 4. The topological polar surface area (TPSA) is 79.5 Å². The van der Waals surface area contributed by atoms with Gasteiger partial charge < -0.3 is 14.5 Å². The lowest BCUT2D eigenvalue weighted by Crippen LogP contribution is -2.20. The zero-order valence-electron chi connectivity index (χ0n) is 11.2. The zero-order valence-corrected chi connectivity index (χ0v) is 11.2. The number of aromatic carboxylic acids is 1. The lowest BCUT2D eigenvalue weighted by atomic mass is 10.1. The van der Waals surface area contributed by atoms with E-state index in [4.69, 9.17) is 9.63 Å². The van der Waals surface area contributed by atoms with Crippen LogP contribution in [0.2, 0.25) is 0 Å². The number of carboxylic acid groups (broad SMARTS) is 1. The van der Waals surface area contributed by atoms with Gasteiger partial charge in [0.1, 0.15) is 0 Å². The van der Waals surface area contributed by atoms with Gasteiger partial charge in [-0.3, -0.25) is 0 Å². The van der Waals surface area contributed by atoms with E-state index in [2.05, 4.69) is 15.0 Å². The normalized spacial score (nSPS) is 13.6. The predicted molar refractivity (Wildman–Crippen MR) is 71.8 cm³/mol. The monoisotopic (exact) mass is 273 g/mol. The zero-order chi connectivity index (χ0) is 14.1. The molecule has 104 valence electrons. The first-order chi connectivity index (χ1) is 9.67. The van der Waals surface area contributed by atoms with E-state index in [1.54, 1.807) is 12.1 Å². The molecule has 1 aliphatic heterocycles. The maximum absolute atomic E-state index is 11.0. The molecule has 0 fully saturated rings. The van der Waals surface area contributed by atoms with Gasteiger partial charge in [-0.1, -0.05) is 18.1 Å². The van der Waals surface area contributed by atoms with Crippen LogP contribution in [0.15, 0.2) is 22.7 Å². The average molecular weight is 273 g/mol. The largest absolute Gasteiger partial charge is 0.478 e. The molecular weight excluding hydrogens is 258 g/mol. The molecule has 2 heterocycles. The second-order valence-electron chi connectivity index (χ2n) is 4.78. The standard InChI is InChI=1S/C14H15N3O3/c1-2-13-15-12(16-20-13)8-17-6-5-9-3-4-10(14(18)19)7-11(9)17/h3-4,7H,2,5-6,8H2,1H3,(H,18,19). The van der Waals surface area contributed by atoms with Gasteiger partial charge in [0, 0.05) is 18.7 Å². The minimum absolute atomic E-state index is 0.304. The molecule has 6 nitrogen and oxygen atoms in total. The van der Waals surface area contributed by atoms with E-state index >= 15 is 0 Å². The van der Waals surface area contributed by atoms with Crippen molar-refractivity contribution in [1.82, 2.24) is 10.1 Å². The number of aromatic nitrogens is 2. The fourth-order valence-corrected chi connectivity index (χ4v) is 2.41. The number of carbonyl (C=O) groups is 1. The quantitative estimate of drug-likeness (QED) is 0.916. The Balaban J connectivity index is 1.84. The second-order valence-corrected chi connectivity index (χ2v) is 4.78. The van der Waals surface area contributed by atoms with Crippen molar-refractivity contribution in [2.45, 2.75) is 26.3 Å². The summed E-state index contributed by atoms with van der Waals surface area (Å²) < 4.78 is 5.09. The van der Waals surface area contributed by atoms with Crippen LogP contribution in [0, 0.1) is 0 Å². The third-order valence-corrected chi connectivity index (χ3v) is 3.47. The van der Waals surface area contributed by atoms with E-state index in [-0.39, 0.29) is 0 Å². The summed E-state index contributed by atoms with van der Waals surface area (Å²) in [6, 6.07) is 5.24. The van der Waals surface area contributed by atoms with Crippen LogP contribution in [0.4, 0.5) is 5.69 Å². The Kier molecular flexibility index (Phi) is 3.14. The van der Waals surface area contributed by atoms with Crippen LogP contribution in [0.5, 0.6) is 0 Å². The highest BCUT2D eigenvalue weighted by Gasteiger charge is 2.22. The first-order valence-corrected chi connectivity index (χ1v) is 6.60. The summed E-state index contributed by atoms with van der Waals surface area (Å²) in [5, 5.41) is 13.0. The number of anilines is 1. The Morgan fingerprint density at radius 1 is 1.50 bits per heavy atom. The molecule has 1 N–H and O–H groups in total. The summed E-state index contributed by atoms with van der Waals surface area (Å²) in [7, 11) is 0. The maximum Gasteiger partial charge on any atom is 0.335 e. The van der Waals surface area contributed by atoms with E-state index in [1.165, 1.54) is 0 Å². The van der Waals surface area contributed by atoms with Crippen LogP contribution < -0.4 is 4.90 Å².